The number of carbonyl (C=O) groups excluding carboxylic acids is 1. The summed E-state index contributed by atoms with van der Waals surface area (Å²) in [6.45, 7) is 2.15. The van der Waals surface area contributed by atoms with Gasteiger partial charge >= 0.3 is 0 Å². The van der Waals surface area contributed by atoms with Crippen LogP contribution in [0.4, 0.5) is 0 Å². The molecule has 2 aromatic heterocycles. The molecule has 2 aromatic carbocycles. The first-order chi connectivity index (χ1) is 17.6. The van der Waals surface area contributed by atoms with Gasteiger partial charge in [-0.15, -0.1) is 0 Å². The molecule has 0 radical (unpaired) electrons. The quantitative estimate of drug-likeness (QED) is 0.325. The second kappa shape index (κ2) is 10.1. The summed E-state index contributed by atoms with van der Waals surface area (Å²) in [5, 5.41) is 16.2. The van der Waals surface area contributed by atoms with Crippen molar-refractivity contribution in [2.24, 2.45) is 5.92 Å². The maximum atomic E-state index is 13.3. The summed E-state index contributed by atoms with van der Waals surface area (Å²) in [4.78, 5) is 15.6. The molecule has 1 unspecified atom stereocenters. The largest absolute Gasteiger partial charge is 0.490 e. The van der Waals surface area contributed by atoms with Gasteiger partial charge in [-0.1, -0.05) is 6.42 Å². The van der Waals surface area contributed by atoms with E-state index in [0.29, 0.717) is 11.5 Å². The first-order valence-electron chi connectivity index (χ1n) is 12.9. The number of rotatable bonds is 7. The minimum absolute atomic E-state index is 0.0333. The number of fused-ring (bicyclic) bond motifs is 1. The summed E-state index contributed by atoms with van der Waals surface area (Å²) in [6, 6.07) is 16.1. The van der Waals surface area contributed by atoms with Crippen LogP contribution in [0.15, 0.2) is 59.3 Å². The Hall–Kier alpha value is -3.16. The third-order valence-electron chi connectivity index (χ3n) is 7.73. The standard InChI is InChI=1S/C29H32N4O2S/c1-33-14-11-24(12-15-33)35-23-8-5-20(6-9-23)28-25-17-21(7-10-26(25)31-32-28)29(34)30-27(19-3-2-4-19)22-13-16-36-18-22/h5-10,13,16-19,24,27H,2-4,11-12,14-15H2,1H3,(H,30,34)(H,31,32). The van der Waals surface area contributed by atoms with Crippen LogP contribution in [0.25, 0.3) is 22.2 Å². The predicted octanol–water partition coefficient (Wildman–Crippen LogP) is 6.04. The van der Waals surface area contributed by atoms with E-state index in [4.69, 9.17) is 4.74 Å². The molecule has 1 amide bonds. The van der Waals surface area contributed by atoms with Crippen LogP contribution in [-0.4, -0.2) is 47.2 Å². The number of likely N-dealkylation sites (tertiary alicyclic amines) is 1. The Morgan fingerprint density at radius 3 is 2.61 bits per heavy atom. The van der Waals surface area contributed by atoms with Crippen LogP contribution in [0.5, 0.6) is 5.75 Å². The van der Waals surface area contributed by atoms with Crippen molar-refractivity contribution in [3.05, 3.63) is 70.4 Å². The van der Waals surface area contributed by atoms with E-state index in [2.05, 4.69) is 56.4 Å². The van der Waals surface area contributed by atoms with Crippen LogP contribution in [0.1, 0.15) is 54.1 Å². The van der Waals surface area contributed by atoms with Crippen molar-refractivity contribution in [1.82, 2.24) is 20.4 Å². The molecule has 7 heteroatoms. The van der Waals surface area contributed by atoms with Crippen LogP contribution in [0.2, 0.25) is 0 Å². The third-order valence-corrected chi connectivity index (χ3v) is 8.43. The van der Waals surface area contributed by atoms with Gasteiger partial charge in [0, 0.05) is 29.6 Å². The van der Waals surface area contributed by atoms with Crippen LogP contribution in [0, 0.1) is 5.92 Å². The van der Waals surface area contributed by atoms with Gasteiger partial charge in [-0.2, -0.15) is 16.4 Å². The third kappa shape index (κ3) is 4.77. The van der Waals surface area contributed by atoms with E-state index in [-0.39, 0.29) is 18.1 Å². The molecular formula is C29H32N4O2S. The van der Waals surface area contributed by atoms with Gasteiger partial charge in [0.25, 0.3) is 5.91 Å². The molecule has 0 spiro atoms. The lowest BCUT2D eigenvalue weighted by molar-refractivity contribution is 0.0901. The summed E-state index contributed by atoms with van der Waals surface area (Å²) < 4.78 is 6.21. The highest BCUT2D eigenvalue weighted by Crippen LogP contribution is 2.38. The number of benzene rings is 2. The summed E-state index contributed by atoms with van der Waals surface area (Å²) in [5.74, 6) is 1.38. The maximum Gasteiger partial charge on any atom is 0.251 e. The second-order valence-electron chi connectivity index (χ2n) is 10.2. The molecule has 1 atom stereocenters. The van der Waals surface area contributed by atoms with Crippen LogP contribution in [-0.2, 0) is 0 Å². The van der Waals surface area contributed by atoms with E-state index in [1.807, 2.05) is 30.3 Å². The zero-order valence-electron chi connectivity index (χ0n) is 20.6. The molecule has 3 heterocycles. The van der Waals surface area contributed by atoms with Crippen molar-refractivity contribution in [2.45, 2.75) is 44.2 Å². The number of H-pyrrole nitrogens is 1. The van der Waals surface area contributed by atoms with Crippen molar-refractivity contribution in [2.75, 3.05) is 20.1 Å². The molecule has 1 aliphatic heterocycles. The van der Waals surface area contributed by atoms with Gasteiger partial charge < -0.3 is 15.0 Å². The Labute approximate surface area is 215 Å². The van der Waals surface area contributed by atoms with Crippen molar-refractivity contribution in [3.63, 3.8) is 0 Å². The van der Waals surface area contributed by atoms with E-state index in [1.54, 1.807) is 11.3 Å². The first kappa shape index (κ1) is 23.3. The Balaban J connectivity index is 1.20. The first-order valence-corrected chi connectivity index (χ1v) is 13.8. The molecule has 1 aliphatic carbocycles. The van der Waals surface area contributed by atoms with Crippen molar-refractivity contribution in [1.29, 1.82) is 0 Å². The molecule has 2 N–H and O–H groups in total. The zero-order valence-corrected chi connectivity index (χ0v) is 21.4. The highest BCUT2D eigenvalue weighted by atomic mass is 32.1. The number of hydrogen-bond acceptors (Lipinski definition) is 5. The van der Waals surface area contributed by atoms with E-state index in [0.717, 1.165) is 53.8 Å². The Morgan fingerprint density at radius 1 is 1.11 bits per heavy atom. The number of carbonyl (C=O) groups is 1. The summed E-state index contributed by atoms with van der Waals surface area (Å²) in [6.07, 6.45) is 5.97. The fourth-order valence-corrected chi connectivity index (χ4v) is 5.98. The van der Waals surface area contributed by atoms with E-state index >= 15 is 0 Å². The lowest BCUT2D eigenvalue weighted by Gasteiger charge is -2.34. The average molecular weight is 501 g/mol. The van der Waals surface area contributed by atoms with Gasteiger partial charge in [0.15, 0.2) is 0 Å². The van der Waals surface area contributed by atoms with Gasteiger partial charge in [-0.25, -0.2) is 0 Å². The highest BCUT2D eigenvalue weighted by Gasteiger charge is 2.30. The fourth-order valence-electron chi connectivity index (χ4n) is 5.28. The normalized spacial score (nSPS) is 18.1. The number of piperidine rings is 1. The number of amides is 1. The van der Waals surface area contributed by atoms with Gasteiger partial charge in [-0.3, -0.25) is 9.89 Å². The monoisotopic (exact) mass is 500 g/mol. The number of aromatic amines is 1. The molecule has 0 bridgehead atoms. The number of aromatic nitrogens is 2. The molecule has 4 aromatic rings. The highest BCUT2D eigenvalue weighted by molar-refractivity contribution is 7.08. The van der Waals surface area contributed by atoms with Crippen LogP contribution < -0.4 is 10.1 Å². The van der Waals surface area contributed by atoms with Crippen molar-refractivity contribution in [3.8, 4) is 17.0 Å². The van der Waals surface area contributed by atoms with Crippen molar-refractivity contribution >= 4 is 28.1 Å². The van der Waals surface area contributed by atoms with Gasteiger partial charge in [0.2, 0.25) is 0 Å². The molecule has 6 rings (SSSR count). The van der Waals surface area contributed by atoms with E-state index in [9.17, 15) is 4.79 Å². The molecule has 1 saturated carbocycles. The lowest BCUT2D eigenvalue weighted by Crippen LogP contribution is -2.36. The van der Waals surface area contributed by atoms with Crippen molar-refractivity contribution < 1.29 is 9.53 Å². The summed E-state index contributed by atoms with van der Waals surface area (Å²) >= 11 is 1.68. The molecule has 36 heavy (non-hydrogen) atoms. The lowest BCUT2D eigenvalue weighted by atomic mass is 9.77. The van der Waals surface area contributed by atoms with E-state index in [1.165, 1.54) is 24.8 Å². The maximum absolute atomic E-state index is 13.3. The van der Waals surface area contributed by atoms with Crippen LogP contribution >= 0.6 is 11.3 Å². The minimum Gasteiger partial charge on any atom is -0.490 e. The Morgan fingerprint density at radius 2 is 1.92 bits per heavy atom. The predicted molar refractivity (Wildman–Crippen MR) is 145 cm³/mol. The van der Waals surface area contributed by atoms with Gasteiger partial charge in [-0.05, 0) is 104 Å². The molecule has 186 valence electrons. The summed E-state index contributed by atoms with van der Waals surface area (Å²) in [7, 11) is 2.16. The molecular weight excluding hydrogens is 468 g/mol. The number of nitrogens with zero attached hydrogens (tertiary/aromatic N) is 2. The average Bonchev–Trinajstić information content (AvgIpc) is 3.54. The second-order valence-corrected chi connectivity index (χ2v) is 11.0. The van der Waals surface area contributed by atoms with Gasteiger partial charge in [0.05, 0.1) is 17.3 Å². The molecule has 2 aliphatic rings. The Kier molecular flexibility index (Phi) is 6.50. The number of nitrogens with one attached hydrogen (secondary N) is 2. The Bertz CT molecular complexity index is 1320. The number of hydrogen-bond donors (Lipinski definition) is 2. The zero-order chi connectivity index (χ0) is 24.5. The summed E-state index contributed by atoms with van der Waals surface area (Å²) in [5.41, 5.74) is 4.64. The van der Waals surface area contributed by atoms with E-state index < -0.39 is 0 Å². The SMILES string of the molecule is CN1CCC(Oc2ccc(-c3n[nH]c4ccc(C(=O)NC(c5ccsc5)C5CCC5)cc34)cc2)CC1. The van der Waals surface area contributed by atoms with Gasteiger partial charge in [0.1, 0.15) is 11.9 Å². The molecule has 2 fully saturated rings. The minimum atomic E-state index is -0.0333. The smallest absolute Gasteiger partial charge is 0.251 e. The number of ether oxygens (including phenoxy) is 1. The van der Waals surface area contributed by atoms with Crippen LogP contribution in [0.3, 0.4) is 0 Å². The molecule has 6 nitrogen and oxygen atoms in total. The molecule has 1 saturated heterocycles. The number of thiophene rings is 1. The fraction of sp³-hybridized carbons (Fsp3) is 0.379. The topological polar surface area (TPSA) is 70.2 Å².